The molecule has 0 aliphatic rings. The minimum Gasteiger partial charge on any atom is -0.375 e. The molecule has 0 bridgehead atoms. The molecule has 0 unspecified atom stereocenters. The number of rotatable bonds is 3. The number of anilines is 1. The molecule has 1 N–H and O–H groups in total. The molecule has 0 aliphatic carbocycles. The topological polar surface area (TPSA) is 64.2 Å². The Kier molecular flexibility index (Phi) is 3.49. The highest BCUT2D eigenvalue weighted by Gasteiger charge is 2.14. The molecule has 0 aliphatic heterocycles. The van der Waals surface area contributed by atoms with E-state index in [0.717, 1.165) is 11.1 Å². The van der Waals surface area contributed by atoms with Gasteiger partial charge in [-0.15, -0.1) is 10.2 Å². The van der Waals surface area contributed by atoms with E-state index in [4.69, 9.17) is 0 Å². The first kappa shape index (κ1) is 15.3. The van der Waals surface area contributed by atoms with Crippen molar-refractivity contribution < 1.29 is 4.39 Å². The van der Waals surface area contributed by atoms with Crippen LogP contribution in [0.1, 0.15) is 11.4 Å². The van der Waals surface area contributed by atoms with Crippen LogP contribution in [-0.4, -0.2) is 19.2 Å². The number of benzene rings is 2. The van der Waals surface area contributed by atoms with Gasteiger partial charge < -0.3 is 5.32 Å². The minimum absolute atomic E-state index is 0.125. The molecule has 2 heterocycles. The molecule has 0 atom stereocenters. The molecule has 25 heavy (non-hydrogen) atoms. The standard InChI is InChI=1S/C18H16FN5O/c1-11-7-8-14(13(19)9-11)20-10-16-21-22-18-23(2)17(25)12-5-3-4-6-15(12)24(16)18/h3-9,20H,10H2,1-2H3. The van der Waals surface area contributed by atoms with Gasteiger partial charge in [0.1, 0.15) is 5.82 Å². The van der Waals surface area contributed by atoms with Crippen LogP contribution < -0.4 is 10.9 Å². The van der Waals surface area contributed by atoms with Crippen molar-refractivity contribution in [2.45, 2.75) is 13.5 Å². The maximum Gasteiger partial charge on any atom is 0.262 e. The van der Waals surface area contributed by atoms with Crippen LogP contribution >= 0.6 is 0 Å². The van der Waals surface area contributed by atoms with Crippen molar-refractivity contribution in [3.63, 3.8) is 0 Å². The lowest BCUT2D eigenvalue weighted by Gasteiger charge is -2.10. The number of hydrogen-bond acceptors (Lipinski definition) is 4. The molecule has 0 saturated carbocycles. The van der Waals surface area contributed by atoms with Crippen LogP contribution in [0.3, 0.4) is 0 Å². The number of fused-ring (bicyclic) bond motifs is 3. The summed E-state index contributed by atoms with van der Waals surface area (Å²) in [5, 5.41) is 11.9. The van der Waals surface area contributed by atoms with Gasteiger partial charge in [-0.1, -0.05) is 18.2 Å². The molecule has 126 valence electrons. The van der Waals surface area contributed by atoms with Crippen LogP contribution in [0.25, 0.3) is 16.7 Å². The SMILES string of the molecule is Cc1ccc(NCc2nnc3n(C)c(=O)c4ccccc4n23)c(F)c1. The third-order valence-electron chi connectivity index (χ3n) is 4.25. The molecule has 0 amide bonds. The fraction of sp³-hybridized carbons (Fsp3) is 0.167. The van der Waals surface area contributed by atoms with Crippen molar-refractivity contribution in [2.75, 3.05) is 5.32 Å². The largest absolute Gasteiger partial charge is 0.375 e. The zero-order valence-corrected chi connectivity index (χ0v) is 13.8. The summed E-state index contributed by atoms with van der Waals surface area (Å²) in [5.74, 6) is 0.734. The van der Waals surface area contributed by atoms with E-state index in [0.29, 0.717) is 22.7 Å². The van der Waals surface area contributed by atoms with Gasteiger partial charge in [0.05, 0.1) is 23.1 Å². The maximum absolute atomic E-state index is 14.0. The Balaban J connectivity index is 1.82. The number of halogens is 1. The van der Waals surface area contributed by atoms with Crippen molar-refractivity contribution in [1.82, 2.24) is 19.2 Å². The van der Waals surface area contributed by atoms with E-state index in [9.17, 15) is 9.18 Å². The summed E-state index contributed by atoms with van der Waals surface area (Å²) in [5.41, 5.74) is 1.86. The van der Waals surface area contributed by atoms with Crippen molar-refractivity contribution >= 4 is 22.4 Å². The van der Waals surface area contributed by atoms with E-state index in [-0.39, 0.29) is 17.9 Å². The van der Waals surface area contributed by atoms with Crippen molar-refractivity contribution in [1.29, 1.82) is 0 Å². The Labute approximate surface area is 142 Å². The molecule has 4 rings (SSSR count). The van der Waals surface area contributed by atoms with Crippen LogP contribution in [-0.2, 0) is 13.6 Å². The van der Waals surface area contributed by atoms with E-state index in [1.54, 1.807) is 19.2 Å². The maximum atomic E-state index is 14.0. The van der Waals surface area contributed by atoms with Crippen LogP contribution in [0.4, 0.5) is 10.1 Å². The fourth-order valence-electron chi connectivity index (χ4n) is 2.94. The molecule has 0 spiro atoms. The molecule has 2 aromatic heterocycles. The number of hydrogen-bond donors (Lipinski definition) is 1. The summed E-state index contributed by atoms with van der Waals surface area (Å²) in [6.07, 6.45) is 0. The molecule has 0 fully saturated rings. The minimum atomic E-state index is -0.314. The van der Waals surface area contributed by atoms with Gasteiger partial charge in [0, 0.05) is 7.05 Å². The summed E-state index contributed by atoms with van der Waals surface area (Å²) in [6, 6.07) is 12.3. The van der Waals surface area contributed by atoms with Crippen molar-refractivity contribution in [3.05, 3.63) is 70.0 Å². The second-order valence-corrected chi connectivity index (χ2v) is 5.97. The van der Waals surface area contributed by atoms with E-state index in [1.807, 2.05) is 35.6 Å². The third-order valence-corrected chi connectivity index (χ3v) is 4.25. The first-order valence-corrected chi connectivity index (χ1v) is 7.88. The number of aromatic nitrogens is 4. The highest BCUT2D eigenvalue weighted by atomic mass is 19.1. The van der Waals surface area contributed by atoms with Gasteiger partial charge in [-0.05, 0) is 36.8 Å². The molecule has 4 aromatic rings. The van der Waals surface area contributed by atoms with E-state index in [2.05, 4.69) is 15.5 Å². The third kappa shape index (κ3) is 2.44. The second kappa shape index (κ2) is 5.70. The normalized spacial score (nSPS) is 11.3. The molecular formula is C18H16FN5O. The van der Waals surface area contributed by atoms with Crippen molar-refractivity contribution in [3.8, 4) is 0 Å². The number of aryl methyl sites for hydroxylation is 2. The van der Waals surface area contributed by atoms with Gasteiger partial charge in [0.2, 0.25) is 5.78 Å². The zero-order valence-electron chi connectivity index (χ0n) is 13.8. The molecular weight excluding hydrogens is 321 g/mol. The molecule has 2 aromatic carbocycles. The Bertz CT molecular complexity index is 1160. The average molecular weight is 337 g/mol. The van der Waals surface area contributed by atoms with Crippen LogP contribution in [0.15, 0.2) is 47.3 Å². The van der Waals surface area contributed by atoms with Crippen LogP contribution in [0.2, 0.25) is 0 Å². The first-order valence-electron chi connectivity index (χ1n) is 7.88. The van der Waals surface area contributed by atoms with E-state index >= 15 is 0 Å². The van der Waals surface area contributed by atoms with Gasteiger partial charge in [0.25, 0.3) is 5.56 Å². The monoisotopic (exact) mass is 337 g/mol. The lowest BCUT2D eigenvalue weighted by atomic mass is 10.2. The summed E-state index contributed by atoms with van der Waals surface area (Å²) in [6.45, 7) is 2.12. The summed E-state index contributed by atoms with van der Waals surface area (Å²) in [4.78, 5) is 12.4. The first-order chi connectivity index (χ1) is 12.1. The molecule has 7 heteroatoms. The van der Waals surface area contributed by atoms with E-state index in [1.165, 1.54) is 10.6 Å². The Morgan fingerprint density at radius 2 is 1.96 bits per heavy atom. The Morgan fingerprint density at radius 3 is 2.76 bits per heavy atom. The number of nitrogens with one attached hydrogen (secondary N) is 1. The highest BCUT2D eigenvalue weighted by Crippen LogP contribution is 2.18. The quantitative estimate of drug-likeness (QED) is 0.624. The highest BCUT2D eigenvalue weighted by molar-refractivity contribution is 5.80. The predicted octanol–water partition coefficient (Wildman–Crippen LogP) is 2.64. The summed E-state index contributed by atoms with van der Waals surface area (Å²) >= 11 is 0. The predicted molar refractivity (Wildman–Crippen MR) is 94.2 cm³/mol. The average Bonchev–Trinajstić information content (AvgIpc) is 3.03. The van der Waals surface area contributed by atoms with Gasteiger partial charge in [-0.3, -0.25) is 13.8 Å². The lowest BCUT2D eigenvalue weighted by molar-refractivity contribution is 0.628. The smallest absolute Gasteiger partial charge is 0.262 e. The zero-order chi connectivity index (χ0) is 17.6. The fourth-order valence-corrected chi connectivity index (χ4v) is 2.94. The summed E-state index contributed by atoms with van der Waals surface area (Å²) < 4.78 is 17.3. The Hall–Kier alpha value is -3.22. The molecule has 6 nitrogen and oxygen atoms in total. The lowest BCUT2D eigenvalue weighted by Crippen LogP contribution is -2.20. The van der Waals surface area contributed by atoms with Crippen LogP contribution in [0.5, 0.6) is 0 Å². The Morgan fingerprint density at radius 1 is 1.16 bits per heavy atom. The molecule has 0 saturated heterocycles. The van der Waals surface area contributed by atoms with Gasteiger partial charge in [0.15, 0.2) is 5.82 Å². The summed E-state index contributed by atoms with van der Waals surface area (Å²) in [7, 11) is 1.66. The van der Waals surface area contributed by atoms with Gasteiger partial charge in [-0.25, -0.2) is 4.39 Å². The second-order valence-electron chi connectivity index (χ2n) is 5.97. The number of para-hydroxylation sites is 1. The van der Waals surface area contributed by atoms with Crippen LogP contribution in [0, 0.1) is 12.7 Å². The van der Waals surface area contributed by atoms with Gasteiger partial charge in [-0.2, -0.15) is 0 Å². The van der Waals surface area contributed by atoms with Crippen molar-refractivity contribution in [2.24, 2.45) is 7.05 Å². The number of nitrogens with zero attached hydrogens (tertiary/aromatic N) is 4. The van der Waals surface area contributed by atoms with Gasteiger partial charge >= 0.3 is 0 Å². The van der Waals surface area contributed by atoms with E-state index < -0.39 is 0 Å². The molecule has 0 radical (unpaired) electrons.